The number of nitrogens with one attached hydrogen (secondary N) is 2. The van der Waals surface area contributed by atoms with Crippen LogP contribution in [0.25, 0.3) is 0 Å². The minimum atomic E-state index is -0.940. The first-order chi connectivity index (χ1) is 22.0. The van der Waals surface area contributed by atoms with E-state index in [0.717, 1.165) is 32.1 Å². The Bertz CT molecular complexity index is 1310. The molecule has 0 spiro atoms. The van der Waals surface area contributed by atoms with E-state index < -0.39 is 42.1 Å². The van der Waals surface area contributed by atoms with Crippen molar-refractivity contribution in [3.8, 4) is 11.5 Å². The molecule has 0 radical (unpaired) electrons. The highest BCUT2D eigenvalue weighted by molar-refractivity contribution is 5.93. The molecule has 0 aromatic heterocycles. The molecule has 1 heterocycles. The standard InChI is InChI=1S/C36H50N2O8/c1-23-14-13-17-27-20-28(39)21-30(34(27)42)38-32(40)22-29(45-4)18-11-6-5-7-12-19-31(24(2)33(23)41)46-36(44)25(3)37-35(43)26-15-9-8-10-16-26/h5-7,11-12,14,18,20-21,24-26,29,31,33,39,41-42H,8-10,13,15-17,19,22H2,1-4H3,(H,37,43)(H,38,40)/b6-5+,12-7+,18-11+,23-14-/t24?,25-,29?,31?,33?/m1/s1. The first kappa shape index (κ1) is 36.6. The number of allylic oxidation sites excluding steroid dienone is 5. The first-order valence-corrected chi connectivity index (χ1v) is 16.2. The third kappa shape index (κ3) is 11.2. The summed E-state index contributed by atoms with van der Waals surface area (Å²) in [6.07, 6.45) is 16.2. The summed E-state index contributed by atoms with van der Waals surface area (Å²) in [7, 11) is 1.49. The Hall–Kier alpha value is -3.89. The van der Waals surface area contributed by atoms with Crippen LogP contribution < -0.4 is 10.6 Å². The number of aliphatic hydroxyl groups excluding tert-OH is 1. The molecule has 2 amide bonds. The van der Waals surface area contributed by atoms with E-state index in [2.05, 4.69) is 10.6 Å². The number of benzene rings is 1. The molecule has 4 unspecified atom stereocenters. The normalized spacial score (nSPS) is 27.8. The lowest BCUT2D eigenvalue weighted by atomic mass is 9.88. The number of aliphatic hydroxyl groups is 1. The van der Waals surface area contributed by atoms with Crippen molar-refractivity contribution < 1.29 is 39.2 Å². The van der Waals surface area contributed by atoms with Crippen LogP contribution in [0, 0.1) is 11.8 Å². The molecule has 46 heavy (non-hydrogen) atoms. The number of hydrogen-bond donors (Lipinski definition) is 5. The van der Waals surface area contributed by atoms with Crippen LogP contribution in [0.3, 0.4) is 0 Å². The lowest BCUT2D eigenvalue weighted by Gasteiger charge is -2.29. The summed E-state index contributed by atoms with van der Waals surface area (Å²) in [5.74, 6) is -1.90. The van der Waals surface area contributed by atoms with Crippen molar-refractivity contribution in [2.75, 3.05) is 12.4 Å². The molecule has 1 fully saturated rings. The molecule has 5 N–H and O–H groups in total. The third-order valence-corrected chi connectivity index (χ3v) is 8.69. The summed E-state index contributed by atoms with van der Waals surface area (Å²) >= 11 is 0. The van der Waals surface area contributed by atoms with Crippen molar-refractivity contribution in [1.29, 1.82) is 0 Å². The van der Waals surface area contributed by atoms with Crippen LogP contribution >= 0.6 is 0 Å². The topological polar surface area (TPSA) is 154 Å². The van der Waals surface area contributed by atoms with Gasteiger partial charge < -0.3 is 35.4 Å². The Balaban J connectivity index is 1.82. The average molecular weight is 639 g/mol. The predicted octanol–water partition coefficient (Wildman–Crippen LogP) is 5.39. The van der Waals surface area contributed by atoms with Crippen molar-refractivity contribution in [3.63, 3.8) is 0 Å². The molecule has 10 heteroatoms. The Morgan fingerprint density at radius 3 is 2.50 bits per heavy atom. The number of methoxy groups -OCH3 is 1. The summed E-state index contributed by atoms with van der Waals surface area (Å²) < 4.78 is 11.3. The number of carbonyl (C=O) groups excluding carboxylic acids is 3. The second-order valence-electron chi connectivity index (χ2n) is 12.3. The number of hydrogen-bond acceptors (Lipinski definition) is 8. The minimum absolute atomic E-state index is 0.00853. The Morgan fingerprint density at radius 1 is 1.07 bits per heavy atom. The van der Waals surface area contributed by atoms with Crippen molar-refractivity contribution in [1.82, 2.24) is 5.32 Å². The molecule has 3 rings (SSSR count). The number of ether oxygens (including phenoxy) is 2. The highest BCUT2D eigenvalue weighted by Crippen LogP contribution is 2.34. The van der Waals surface area contributed by atoms with E-state index in [9.17, 15) is 29.7 Å². The van der Waals surface area contributed by atoms with Crippen LogP contribution in [-0.4, -0.2) is 64.6 Å². The molecule has 1 aromatic rings. The van der Waals surface area contributed by atoms with Crippen molar-refractivity contribution >= 4 is 23.5 Å². The van der Waals surface area contributed by atoms with Crippen molar-refractivity contribution in [2.24, 2.45) is 11.8 Å². The van der Waals surface area contributed by atoms with Gasteiger partial charge in [0.1, 0.15) is 23.6 Å². The number of phenols is 2. The van der Waals surface area contributed by atoms with Gasteiger partial charge >= 0.3 is 5.97 Å². The van der Waals surface area contributed by atoms with E-state index in [1.165, 1.54) is 19.2 Å². The maximum Gasteiger partial charge on any atom is 0.328 e. The second-order valence-corrected chi connectivity index (χ2v) is 12.3. The molecular formula is C36H50N2O8. The quantitative estimate of drug-likeness (QED) is 0.125. The second kappa shape index (κ2) is 18.3. The minimum Gasteiger partial charge on any atom is -0.508 e. The molecular weight excluding hydrogens is 588 g/mol. The maximum atomic E-state index is 13.1. The summed E-state index contributed by atoms with van der Waals surface area (Å²) in [5.41, 5.74) is 1.19. The van der Waals surface area contributed by atoms with Crippen LogP contribution in [-0.2, 0) is 30.3 Å². The number of anilines is 1. The zero-order valence-corrected chi connectivity index (χ0v) is 27.4. The van der Waals surface area contributed by atoms with Gasteiger partial charge in [-0.2, -0.15) is 0 Å². The number of fused-ring (bicyclic) bond motifs is 2. The van der Waals surface area contributed by atoms with E-state index in [-0.39, 0.29) is 35.4 Å². The van der Waals surface area contributed by atoms with Crippen LogP contribution in [0.4, 0.5) is 5.69 Å². The smallest absolute Gasteiger partial charge is 0.328 e. The monoisotopic (exact) mass is 638 g/mol. The SMILES string of the molecule is COC1/C=C/C=C/C=C/CC(OC(=O)[C@@H](C)NC(=O)C2CCCCC2)C(C)C(O)/C(C)=C\CCc2cc(O)cc(c2O)NC(=O)C1. The lowest BCUT2D eigenvalue weighted by Crippen LogP contribution is -2.45. The molecule has 1 aliphatic heterocycles. The number of esters is 1. The number of carbonyl (C=O) groups is 3. The maximum absolute atomic E-state index is 13.1. The Morgan fingerprint density at radius 2 is 1.78 bits per heavy atom. The van der Waals surface area contributed by atoms with Gasteiger partial charge in [-0.15, -0.1) is 0 Å². The molecule has 2 aliphatic rings. The number of aromatic hydroxyl groups is 2. The molecule has 1 aliphatic carbocycles. The van der Waals surface area contributed by atoms with Gasteiger partial charge in [0.15, 0.2) is 0 Å². The summed E-state index contributed by atoms with van der Waals surface area (Å²) in [6, 6.07) is 1.89. The molecule has 10 nitrogen and oxygen atoms in total. The largest absolute Gasteiger partial charge is 0.508 e. The fourth-order valence-electron chi connectivity index (χ4n) is 5.76. The molecule has 252 valence electrons. The fraction of sp³-hybridized carbons (Fsp3) is 0.528. The van der Waals surface area contributed by atoms with Gasteiger partial charge in [0.2, 0.25) is 11.8 Å². The van der Waals surface area contributed by atoms with E-state index in [0.29, 0.717) is 30.4 Å². The van der Waals surface area contributed by atoms with E-state index in [1.807, 2.05) is 19.1 Å². The lowest BCUT2D eigenvalue weighted by molar-refractivity contribution is -0.156. The van der Waals surface area contributed by atoms with Gasteiger partial charge in [0, 0.05) is 31.4 Å². The van der Waals surface area contributed by atoms with Gasteiger partial charge in [0.25, 0.3) is 0 Å². The van der Waals surface area contributed by atoms with Gasteiger partial charge in [-0.3, -0.25) is 9.59 Å². The Kier molecular flexibility index (Phi) is 14.6. The molecule has 2 bridgehead atoms. The predicted molar refractivity (Wildman–Crippen MR) is 177 cm³/mol. The molecule has 1 saturated carbocycles. The highest BCUT2D eigenvalue weighted by Gasteiger charge is 2.31. The summed E-state index contributed by atoms with van der Waals surface area (Å²) in [4.78, 5) is 38.6. The van der Waals surface area contributed by atoms with Crippen molar-refractivity contribution in [2.45, 2.75) is 103 Å². The number of phenolic OH excluding ortho intramolecular Hbond substituents is 2. The summed E-state index contributed by atoms with van der Waals surface area (Å²) in [5, 5.41) is 37.8. The van der Waals surface area contributed by atoms with E-state index in [4.69, 9.17) is 9.47 Å². The average Bonchev–Trinajstić information content (AvgIpc) is 3.04. The van der Waals surface area contributed by atoms with E-state index >= 15 is 0 Å². The van der Waals surface area contributed by atoms with Crippen LogP contribution in [0.1, 0.15) is 77.7 Å². The first-order valence-electron chi connectivity index (χ1n) is 16.2. The zero-order valence-electron chi connectivity index (χ0n) is 27.4. The molecule has 5 atom stereocenters. The molecule has 1 aromatic carbocycles. The van der Waals surface area contributed by atoms with Crippen LogP contribution in [0.15, 0.2) is 60.2 Å². The molecule has 0 saturated heterocycles. The van der Waals surface area contributed by atoms with Crippen molar-refractivity contribution in [3.05, 3.63) is 65.8 Å². The van der Waals surface area contributed by atoms with Gasteiger partial charge in [0.05, 0.1) is 24.3 Å². The summed E-state index contributed by atoms with van der Waals surface area (Å²) in [6.45, 7) is 5.22. The highest BCUT2D eigenvalue weighted by atomic mass is 16.5. The van der Waals surface area contributed by atoms with Gasteiger partial charge in [-0.05, 0) is 56.7 Å². The van der Waals surface area contributed by atoms with Crippen LogP contribution in [0.2, 0.25) is 0 Å². The number of aryl methyl sites for hydroxylation is 1. The van der Waals surface area contributed by atoms with Gasteiger partial charge in [-0.25, -0.2) is 4.79 Å². The van der Waals surface area contributed by atoms with Crippen LogP contribution in [0.5, 0.6) is 11.5 Å². The van der Waals surface area contributed by atoms with Gasteiger partial charge in [-0.1, -0.05) is 68.7 Å². The third-order valence-electron chi connectivity index (χ3n) is 8.69. The Labute approximate surface area is 272 Å². The number of amides is 2. The van der Waals surface area contributed by atoms with E-state index in [1.54, 1.807) is 44.2 Å². The zero-order chi connectivity index (χ0) is 33.6. The number of rotatable bonds is 5. The fourth-order valence-corrected chi connectivity index (χ4v) is 5.76.